The summed E-state index contributed by atoms with van der Waals surface area (Å²) in [4.78, 5) is 22.3. The summed E-state index contributed by atoms with van der Waals surface area (Å²) in [5.41, 5.74) is 0.0173. The van der Waals surface area contributed by atoms with E-state index in [1.807, 2.05) is 13.8 Å². The second-order valence-electron chi connectivity index (χ2n) is 3.98. The van der Waals surface area contributed by atoms with E-state index in [0.29, 0.717) is 0 Å². The third-order valence-corrected chi connectivity index (χ3v) is 1.78. The Morgan fingerprint density at radius 1 is 1.33 bits per heavy atom. The number of carbonyl (C=O) groups excluding carboxylic acids is 2. The van der Waals surface area contributed by atoms with Crippen molar-refractivity contribution in [3.05, 3.63) is 24.3 Å². The van der Waals surface area contributed by atoms with Gasteiger partial charge in [0.05, 0.1) is 6.42 Å². The first-order chi connectivity index (χ1) is 6.79. The van der Waals surface area contributed by atoms with Crippen molar-refractivity contribution in [2.45, 2.75) is 39.7 Å². The molecule has 0 aliphatic heterocycles. The van der Waals surface area contributed by atoms with Crippen molar-refractivity contribution in [2.75, 3.05) is 0 Å². The van der Waals surface area contributed by atoms with Crippen LogP contribution >= 0.6 is 0 Å². The number of ketones is 1. The number of rotatable bonds is 5. The van der Waals surface area contributed by atoms with Gasteiger partial charge in [-0.3, -0.25) is 9.59 Å². The SMILES string of the molecule is C=CC(C)(CC(=O)C=C(C)C)OC(C)=O. The Hall–Kier alpha value is -1.38. The first kappa shape index (κ1) is 13.6. The minimum absolute atomic E-state index is 0.0707. The smallest absolute Gasteiger partial charge is 0.303 e. The summed E-state index contributed by atoms with van der Waals surface area (Å²) in [6.07, 6.45) is 3.14. The van der Waals surface area contributed by atoms with Crippen LogP contribution in [0.5, 0.6) is 0 Å². The molecule has 0 spiro atoms. The molecule has 0 saturated heterocycles. The molecule has 0 aliphatic rings. The van der Waals surface area contributed by atoms with Crippen molar-refractivity contribution in [3.8, 4) is 0 Å². The standard InChI is InChI=1S/C12H18O3/c1-6-12(5,15-10(4)13)8-11(14)7-9(2)3/h6-7H,1,8H2,2-5H3. The van der Waals surface area contributed by atoms with E-state index in [2.05, 4.69) is 6.58 Å². The summed E-state index contributed by atoms with van der Waals surface area (Å²) in [7, 11) is 0. The number of esters is 1. The van der Waals surface area contributed by atoms with E-state index < -0.39 is 11.6 Å². The molecule has 0 bridgehead atoms. The van der Waals surface area contributed by atoms with E-state index in [0.717, 1.165) is 5.57 Å². The third-order valence-electron chi connectivity index (χ3n) is 1.78. The predicted molar refractivity (Wildman–Crippen MR) is 59.4 cm³/mol. The fourth-order valence-electron chi connectivity index (χ4n) is 1.20. The Labute approximate surface area is 90.8 Å². The molecule has 0 fully saturated rings. The van der Waals surface area contributed by atoms with E-state index in [1.165, 1.54) is 19.1 Å². The van der Waals surface area contributed by atoms with Crippen molar-refractivity contribution in [1.82, 2.24) is 0 Å². The van der Waals surface area contributed by atoms with Crippen LogP contribution in [0.1, 0.15) is 34.1 Å². The van der Waals surface area contributed by atoms with Crippen molar-refractivity contribution in [2.24, 2.45) is 0 Å². The minimum atomic E-state index is -0.908. The van der Waals surface area contributed by atoms with Crippen LogP contribution in [-0.2, 0) is 14.3 Å². The molecule has 0 heterocycles. The molecule has 0 amide bonds. The van der Waals surface area contributed by atoms with Crippen LogP contribution in [0, 0.1) is 0 Å². The number of allylic oxidation sites excluding steroid dienone is 2. The predicted octanol–water partition coefficient (Wildman–Crippen LogP) is 2.42. The molecule has 3 nitrogen and oxygen atoms in total. The Balaban J connectivity index is 4.57. The van der Waals surface area contributed by atoms with Gasteiger partial charge in [-0.2, -0.15) is 0 Å². The highest BCUT2D eigenvalue weighted by molar-refractivity contribution is 5.91. The van der Waals surface area contributed by atoms with Crippen LogP contribution in [0.2, 0.25) is 0 Å². The highest BCUT2D eigenvalue weighted by Gasteiger charge is 2.26. The van der Waals surface area contributed by atoms with E-state index in [1.54, 1.807) is 6.92 Å². The van der Waals surface area contributed by atoms with E-state index in [-0.39, 0.29) is 12.2 Å². The third kappa shape index (κ3) is 5.83. The van der Waals surface area contributed by atoms with Crippen LogP contribution in [0.3, 0.4) is 0 Å². The molecule has 0 aromatic heterocycles. The second kappa shape index (κ2) is 5.49. The van der Waals surface area contributed by atoms with Crippen LogP contribution in [0.4, 0.5) is 0 Å². The monoisotopic (exact) mass is 210 g/mol. The number of hydrogen-bond acceptors (Lipinski definition) is 3. The average molecular weight is 210 g/mol. The van der Waals surface area contributed by atoms with Gasteiger partial charge in [-0.25, -0.2) is 0 Å². The van der Waals surface area contributed by atoms with Crippen LogP contribution in [0.25, 0.3) is 0 Å². The molecule has 84 valence electrons. The summed E-state index contributed by atoms with van der Waals surface area (Å²) in [5, 5.41) is 0. The molecule has 0 saturated carbocycles. The zero-order valence-electron chi connectivity index (χ0n) is 9.79. The Morgan fingerprint density at radius 2 is 1.87 bits per heavy atom. The van der Waals surface area contributed by atoms with Crippen LogP contribution in [-0.4, -0.2) is 17.4 Å². The van der Waals surface area contributed by atoms with Crippen LogP contribution in [0.15, 0.2) is 24.3 Å². The van der Waals surface area contributed by atoms with Gasteiger partial charge in [0, 0.05) is 6.92 Å². The summed E-state index contributed by atoms with van der Waals surface area (Å²) in [5.74, 6) is -0.485. The Kier molecular flexibility index (Phi) is 4.98. The molecule has 0 aromatic carbocycles. The zero-order chi connectivity index (χ0) is 12.1. The first-order valence-corrected chi connectivity index (χ1v) is 4.80. The van der Waals surface area contributed by atoms with Gasteiger partial charge >= 0.3 is 5.97 Å². The Morgan fingerprint density at radius 3 is 2.20 bits per heavy atom. The fourth-order valence-corrected chi connectivity index (χ4v) is 1.20. The lowest BCUT2D eigenvalue weighted by atomic mass is 9.98. The van der Waals surface area contributed by atoms with Gasteiger partial charge in [0.25, 0.3) is 0 Å². The maximum absolute atomic E-state index is 11.5. The number of ether oxygens (including phenoxy) is 1. The van der Waals surface area contributed by atoms with Gasteiger partial charge in [-0.05, 0) is 32.9 Å². The lowest BCUT2D eigenvalue weighted by Gasteiger charge is -2.24. The lowest BCUT2D eigenvalue weighted by molar-refractivity contribution is -0.152. The van der Waals surface area contributed by atoms with Crippen molar-refractivity contribution < 1.29 is 14.3 Å². The zero-order valence-corrected chi connectivity index (χ0v) is 9.79. The van der Waals surface area contributed by atoms with Gasteiger partial charge in [-0.15, -0.1) is 0 Å². The molecule has 0 rings (SSSR count). The van der Waals surface area contributed by atoms with Crippen molar-refractivity contribution in [1.29, 1.82) is 0 Å². The van der Waals surface area contributed by atoms with Crippen molar-refractivity contribution in [3.63, 3.8) is 0 Å². The summed E-state index contributed by atoms with van der Waals surface area (Å²) < 4.78 is 5.03. The molecule has 15 heavy (non-hydrogen) atoms. The van der Waals surface area contributed by atoms with Gasteiger partial charge in [0.2, 0.25) is 0 Å². The van der Waals surface area contributed by atoms with Crippen molar-refractivity contribution >= 4 is 11.8 Å². The Bertz CT molecular complexity index is 298. The largest absolute Gasteiger partial charge is 0.455 e. The maximum atomic E-state index is 11.5. The lowest BCUT2D eigenvalue weighted by Crippen LogP contribution is -2.30. The molecular weight excluding hydrogens is 192 g/mol. The van der Waals surface area contributed by atoms with E-state index >= 15 is 0 Å². The average Bonchev–Trinajstić information content (AvgIpc) is 2.00. The van der Waals surface area contributed by atoms with Gasteiger partial charge in [0.15, 0.2) is 5.78 Å². The topological polar surface area (TPSA) is 43.4 Å². The minimum Gasteiger partial charge on any atom is -0.455 e. The highest BCUT2D eigenvalue weighted by Crippen LogP contribution is 2.18. The van der Waals surface area contributed by atoms with Crippen LogP contribution < -0.4 is 0 Å². The molecule has 1 unspecified atom stereocenters. The first-order valence-electron chi connectivity index (χ1n) is 4.80. The number of carbonyl (C=O) groups is 2. The maximum Gasteiger partial charge on any atom is 0.303 e. The highest BCUT2D eigenvalue weighted by atomic mass is 16.6. The summed E-state index contributed by atoms with van der Waals surface area (Å²) in [6.45, 7) is 10.2. The van der Waals surface area contributed by atoms with E-state index in [4.69, 9.17) is 4.74 Å². The fraction of sp³-hybridized carbons (Fsp3) is 0.500. The second-order valence-corrected chi connectivity index (χ2v) is 3.98. The summed E-state index contributed by atoms with van der Waals surface area (Å²) >= 11 is 0. The normalized spacial score (nSPS) is 13.6. The van der Waals surface area contributed by atoms with E-state index in [9.17, 15) is 9.59 Å². The van der Waals surface area contributed by atoms with Gasteiger partial charge in [-0.1, -0.05) is 12.2 Å². The molecular formula is C12H18O3. The molecule has 1 atom stereocenters. The summed E-state index contributed by atoms with van der Waals surface area (Å²) in [6, 6.07) is 0. The van der Waals surface area contributed by atoms with Gasteiger partial charge < -0.3 is 4.74 Å². The molecule has 0 aromatic rings. The van der Waals surface area contributed by atoms with Gasteiger partial charge in [0.1, 0.15) is 5.60 Å². The quantitative estimate of drug-likeness (QED) is 0.397. The number of hydrogen-bond donors (Lipinski definition) is 0. The molecule has 3 heteroatoms. The molecule has 0 N–H and O–H groups in total. The molecule has 0 aliphatic carbocycles. The molecule has 0 radical (unpaired) electrons.